The highest BCUT2D eigenvalue weighted by Crippen LogP contribution is 2.32. The zero-order valence-electron chi connectivity index (χ0n) is 12.1. The predicted molar refractivity (Wildman–Crippen MR) is 74.1 cm³/mol. The average molecular weight is 252 g/mol. The standard InChI is InChI=1S/C15H28N2O/c1-4-12-6-5-7-13(9-12)17-14(8-11(2)3)16-10-15(17)18/h11-14,16H,4-10H2,1-3H3. The minimum absolute atomic E-state index is 0.290. The van der Waals surface area contributed by atoms with Gasteiger partial charge in [0.05, 0.1) is 12.7 Å². The van der Waals surface area contributed by atoms with E-state index >= 15 is 0 Å². The van der Waals surface area contributed by atoms with Gasteiger partial charge in [0.25, 0.3) is 0 Å². The molecule has 0 aromatic heterocycles. The summed E-state index contributed by atoms with van der Waals surface area (Å²) in [6.45, 7) is 7.30. The molecule has 3 nitrogen and oxygen atoms in total. The van der Waals surface area contributed by atoms with Crippen molar-refractivity contribution in [3.8, 4) is 0 Å². The van der Waals surface area contributed by atoms with Crippen molar-refractivity contribution in [3.63, 3.8) is 0 Å². The molecule has 3 heteroatoms. The Labute approximate surface area is 111 Å². The fraction of sp³-hybridized carbons (Fsp3) is 0.933. The van der Waals surface area contributed by atoms with Gasteiger partial charge in [-0.25, -0.2) is 0 Å². The SMILES string of the molecule is CCC1CCCC(N2C(=O)CNC2CC(C)C)C1. The first kappa shape index (κ1) is 13.9. The van der Waals surface area contributed by atoms with Gasteiger partial charge in [0.1, 0.15) is 0 Å². The molecular formula is C15H28N2O. The number of amides is 1. The van der Waals surface area contributed by atoms with Crippen molar-refractivity contribution in [3.05, 3.63) is 0 Å². The summed E-state index contributed by atoms with van der Waals surface area (Å²) in [6, 6.07) is 0.495. The van der Waals surface area contributed by atoms with E-state index in [0.29, 0.717) is 24.4 Å². The van der Waals surface area contributed by atoms with Crippen LogP contribution in [0.1, 0.15) is 59.3 Å². The molecule has 2 aliphatic rings. The average Bonchev–Trinajstić information content (AvgIpc) is 2.70. The summed E-state index contributed by atoms with van der Waals surface area (Å²) in [6.07, 6.45) is 7.72. The molecule has 1 heterocycles. The van der Waals surface area contributed by atoms with Crippen molar-refractivity contribution in [2.45, 2.75) is 71.5 Å². The van der Waals surface area contributed by atoms with Crippen LogP contribution in [0.15, 0.2) is 0 Å². The highest BCUT2D eigenvalue weighted by Gasteiger charge is 2.37. The van der Waals surface area contributed by atoms with E-state index < -0.39 is 0 Å². The molecule has 0 radical (unpaired) electrons. The zero-order chi connectivity index (χ0) is 13.1. The molecular weight excluding hydrogens is 224 g/mol. The molecule has 104 valence electrons. The van der Waals surface area contributed by atoms with E-state index in [1.165, 1.54) is 32.1 Å². The Bertz CT molecular complexity index is 290. The summed E-state index contributed by atoms with van der Waals surface area (Å²) in [5, 5.41) is 3.39. The van der Waals surface area contributed by atoms with E-state index in [1.807, 2.05) is 0 Å². The van der Waals surface area contributed by atoms with Crippen molar-refractivity contribution in [1.82, 2.24) is 10.2 Å². The normalized spacial score (nSPS) is 33.4. The summed E-state index contributed by atoms with van der Waals surface area (Å²) in [5.41, 5.74) is 0. The number of nitrogens with one attached hydrogen (secondary N) is 1. The molecule has 0 spiro atoms. The van der Waals surface area contributed by atoms with Crippen molar-refractivity contribution >= 4 is 5.91 Å². The van der Waals surface area contributed by atoms with Gasteiger partial charge in [0.2, 0.25) is 5.91 Å². The number of hydrogen-bond acceptors (Lipinski definition) is 2. The highest BCUT2D eigenvalue weighted by molar-refractivity contribution is 5.81. The van der Waals surface area contributed by atoms with Gasteiger partial charge in [-0.1, -0.05) is 40.0 Å². The fourth-order valence-electron chi connectivity index (χ4n) is 3.56. The maximum atomic E-state index is 12.1. The van der Waals surface area contributed by atoms with Gasteiger partial charge in [-0.3, -0.25) is 10.1 Å². The second-order valence-corrected chi connectivity index (χ2v) is 6.42. The number of carbonyl (C=O) groups excluding carboxylic acids is 1. The Kier molecular flexibility index (Phi) is 4.66. The maximum Gasteiger partial charge on any atom is 0.238 e. The van der Waals surface area contributed by atoms with E-state index in [9.17, 15) is 4.79 Å². The molecule has 1 saturated carbocycles. The lowest BCUT2D eigenvalue weighted by molar-refractivity contribution is -0.131. The molecule has 0 aromatic rings. The van der Waals surface area contributed by atoms with Crippen LogP contribution in [0.5, 0.6) is 0 Å². The predicted octanol–water partition coefficient (Wildman–Crippen LogP) is 2.76. The fourth-order valence-corrected chi connectivity index (χ4v) is 3.56. The monoisotopic (exact) mass is 252 g/mol. The zero-order valence-corrected chi connectivity index (χ0v) is 12.1. The van der Waals surface area contributed by atoms with Crippen LogP contribution < -0.4 is 5.32 Å². The number of rotatable bonds is 4. The third kappa shape index (κ3) is 3.05. The summed E-state index contributed by atoms with van der Waals surface area (Å²) >= 11 is 0. The first-order chi connectivity index (χ1) is 8.61. The largest absolute Gasteiger partial charge is 0.323 e. The molecule has 2 rings (SSSR count). The Morgan fingerprint density at radius 3 is 2.83 bits per heavy atom. The van der Waals surface area contributed by atoms with Crippen LogP contribution in [0.3, 0.4) is 0 Å². The lowest BCUT2D eigenvalue weighted by Crippen LogP contribution is -2.47. The molecule has 3 atom stereocenters. The molecule has 1 aliphatic carbocycles. The smallest absolute Gasteiger partial charge is 0.238 e. The maximum absolute atomic E-state index is 12.1. The summed E-state index contributed by atoms with van der Waals surface area (Å²) in [4.78, 5) is 14.3. The number of hydrogen-bond donors (Lipinski definition) is 1. The van der Waals surface area contributed by atoms with Gasteiger partial charge in [0.15, 0.2) is 0 Å². The third-order valence-corrected chi connectivity index (χ3v) is 4.53. The molecule has 1 saturated heterocycles. The van der Waals surface area contributed by atoms with Gasteiger partial charge in [-0.05, 0) is 31.1 Å². The second-order valence-electron chi connectivity index (χ2n) is 6.42. The van der Waals surface area contributed by atoms with Crippen LogP contribution in [-0.2, 0) is 4.79 Å². The first-order valence-corrected chi connectivity index (χ1v) is 7.66. The van der Waals surface area contributed by atoms with Crippen molar-refractivity contribution in [2.75, 3.05) is 6.54 Å². The molecule has 0 aromatic carbocycles. The molecule has 1 aliphatic heterocycles. The second kappa shape index (κ2) is 6.05. The molecule has 1 amide bonds. The Hall–Kier alpha value is -0.570. The van der Waals surface area contributed by atoms with Crippen LogP contribution >= 0.6 is 0 Å². The molecule has 2 fully saturated rings. The van der Waals surface area contributed by atoms with Crippen molar-refractivity contribution in [2.24, 2.45) is 11.8 Å². The molecule has 3 unspecified atom stereocenters. The van der Waals surface area contributed by atoms with Crippen LogP contribution in [0, 0.1) is 11.8 Å². The lowest BCUT2D eigenvalue weighted by Gasteiger charge is -2.38. The van der Waals surface area contributed by atoms with Gasteiger partial charge in [-0.15, -0.1) is 0 Å². The van der Waals surface area contributed by atoms with Gasteiger partial charge in [-0.2, -0.15) is 0 Å². The minimum Gasteiger partial charge on any atom is -0.323 e. The van der Waals surface area contributed by atoms with Crippen LogP contribution in [0.4, 0.5) is 0 Å². The minimum atomic E-state index is 0.290. The molecule has 1 N–H and O–H groups in total. The summed E-state index contributed by atoms with van der Waals surface area (Å²) < 4.78 is 0. The Balaban J connectivity index is 2.01. The van der Waals surface area contributed by atoms with E-state index in [2.05, 4.69) is 31.0 Å². The van der Waals surface area contributed by atoms with E-state index in [1.54, 1.807) is 0 Å². The van der Waals surface area contributed by atoms with Crippen LogP contribution in [0.2, 0.25) is 0 Å². The Morgan fingerprint density at radius 1 is 1.39 bits per heavy atom. The molecule has 18 heavy (non-hydrogen) atoms. The summed E-state index contributed by atoms with van der Waals surface area (Å²) in [7, 11) is 0. The van der Waals surface area contributed by atoms with Crippen molar-refractivity contribution in [1.29, 1.82) is 0 Å². The lowest BCUT2D eigenvalue weighted by atomic mass is 9.83. The van der Waals surface area contributed by atoms with Crippen LogP contribution in [-0.4, -0.2) is 29.6 Å². The highest BCUT2D eigenvalue weighted by atomic mass is 16.2. The van der Waals surface area contributed by atoms with Gasteiger partial charge in [0, 0.05) is 6.04 Å². The first-order valence-electron chi connectivity index (χ1n) is 7.66. The van der Waals surface area contributed by atoms with Crippen molar-refractivity contribution < 1.29 is 4.79 Å². The van der Waals surface area contributed by atoms with E-state index in [-0.39, 0.29) is 6.17 Å². The van der Waals surface area contributed by atoms with Crippen LogP contribution in [0.25, 0.3) is 0 Å². The molecule has 0 bridgehead atoms. The topological polar surface area (TPSA) is 32.3 Å². The van der Waals surface area contributed by atoms with Gasteiger partial charge >= 0.3 is 0 Å². The number of carbonyl (C=O) groups is 1. The number of nitrogens with zero attached hydrogens (tertiary/aromatic N) is 1. The summed E-state index contributed by atoms with van der Waals surface area (Å²) in [5.74, 6) is 1.79. The Morgan fingerprint density at radius 2 is 2.17 bits per heavy atom. The van der Waals surface area contributed by atoms with E-state index in [0.717, 1.165) is 12.3 Å². The van der Waals surface area contributed by atoms with Gasteiger partial charge < -0.3 is 4.90 Å². The quantitative estimate of drug-likeness (QED) is 0.834. The third-order valence-electron chi connectivity index (χ3n) is 4.53. The van der Waals surface area contributed by atoms with E-state index in [4.69, 9.17) is 0 Å².